The summed E-state index contributed by atoms with van der Waals surface area (Å²) in [6.07, 6.45) is 0. The summed E-state index contributed by atoms with van der Waals surface area (Å²) in [5, 5.41) is 0. The minimum absolute atomic E-state index is 0.333. The van der Waals surface area contributed by atoms with E-state index in [9.17, 15) is 0 Å². The predicted octanol–water partition coefficient (Wildman–Crippen LogP) is 4.05. The molecule has 0 unspecified atom stereocenters. The number of hydrogen-bond acceptors (Lipinski definition) is 1. The summed E-state index contributed by atoms with van der Waals surface area (Å²) in [5.41, 5.74) is 10.4. The molecule has 0 spiro atoms. The Morgan fingerprint density at radius 3 is 2.21 bits per heavy atom. The number of hydrogen-bond donors (Lipinski definition) is 1. The largest absolute Gasteiger partial charge is 0.330 e. The lowest BCUT2D eigenvalue weighted by molar-refractivity contribution is 0.559. The van der Waals surface area contributed by atoms with Crippen molar-refractivity contribution in [3.8, 4) is 11.1 Å². The third-order valence-electron chi connectivity index (χ3n) is 4.69. The van der Waals surface area contributed by atoms with Crippen LogP contribution in [0, 0.1) is 11.3 Å². The lowest BCUT2D eigenvalue weighted by Crippen LogP contribution is -2.05. The lowest BCUT2D eigenvalue weighted by Gasteiger charge is -2.11. The molecule has 1 fully saturated rings. The fourth-order valence-corrected chi connectivity index (χ4v) is 3.45. The highest BCUT2D eigenvalue weighted by atomic mass is 14.7. The molecular formula is C18H21N. The Kier molecular flexibility index (Phi) is 2.94. The molecular weight excluding hydrogens is 230 g/mol. The van der Waals surface area contributed by atoms with Crippen LogP contribution in [0.5, 0.6) is 0 Å². The lowest BCUT2D eigenvalue weighted by atomic mass is 9.94. The second kappa shape index (κ2) is 4.50. The van der Waals surface area contributed by atoms with Crippen molar-refractivity contribution >= 4 is 0 Å². The van der Waals surface area contributed by atoms with E-state index < -0.39 is 0 Å². The number of nitrogens with two attached hydrogens (primary N) is 1. The van der Waals surface area contributed by atoms with E-state index in [4.69, 9.17) is 5.73 Å². The van der Waals surface area contributed by atoms with E-state index in [2.05, 4.69) is 68.4 Å². The molecule has 1 aliphatic carbocycles. The molecule has 0 saturated heterocycles. The Balaban J connectivity index is 2.05. The standard InChI is InChI=1S/C18H21N/c1-18(2)16(12-19)17(18)15-11-7-6-10-14(15)13-8-4-3-5-9-13/h3-11,16-17H,12,19H2,1-2H3/t16-,17-/m0/s1. The topological polar surface area (TPSA) is 26.0 Å². The fourth-order valence-electron chi connectivity index (χ4n) is 3.45. The van der Waals surface area contributed by atoms with Crippen LogP contribution in [0.25, 0.3) is 11.1 Å². The van der Waals surface area contributed by atoms with Crippen LogP contribution in [0.15, 0.2) is 54.6 Å². The minimum atomic E-state index is 0.333. The molecule has 2 atom stereocenters. The zero-order valence-electron chi connectivity index (χ0n) is 11.6. The van der Waals surface area contributed by atoms with Crippen molar-refractivity contribution in [3.05, 3.63) is 60.2 Å². The molecule has 2 aromatic rings. The highest BCUT2D eigenvalue weighted by Gasteiger charge is 2.57. The number of rotatable bonds is 3. The van der Waals surface area contributed by atoms with Crippen LogP contribution in [0.3, 0.4) is 0 Å². The molecule has 98 valence electrons. The van der Waals surface area contributed by atoms with E-state index in [0.29, 0.717) is 17.3 Å². The van der Waals surface area contributed by atoms with Crippen LogP contribution in [0.1, 0.15) is 25.3 Å². The van der Waals surface area contributed by atoms with Gasteiger partial charge in [0.05, 0.1) is 0 Å². The smallest absolute Gasteiger partial charge is 0.00375 e. The van der Waals surface area contributed by atoms with E-state index in [0.717, 1.165) is 6.54 Å². The van der Waals surface area contributed by atoms with Gasteiger partial charge in [0, 0.05) is 0 Å². The summed E-state index contributed by atoms with van der Waals surface area (Å²) in [6.45, 7) is 5.44. The van der Waals surface area contributed by atoms with Crippen molar-refractivity contribution in [3.63, 3.8) is 0 Å². The van der Waals surface area contributed by atoms with Crippen LogP contribution < -0.4 is 5.73 Å². The quantitative estimate of drug-likeness (QED) is 0.875. The van der Waals surface area contributed by atoms with Crippen molar-refractivity contribution in [1.29, 1.82) is 0 Å². The van der Waals surface area contributed by atoms with Gasteiger partial charge in [-0.15, -0.1) is 0 Å². The minimum Gasteiger partial charge on any atom is -0.330 e. The van der Waals surface area contributed by atoms with Gasteiger partial charge in [-0.1, -0.05) is 68.4 Å². The van der Waals surface area contributed by atoms with Crippen LogP contribution in [-0.2, 0) is 0 Å². The van der Waals surface area contributed by atoms with E-state index in [1.807, 2.05) is 0 Å². The highest BCUT2D eigenvalue weighted by molar-refractivity contribution is 5.69. The van der Waals surface area contributed by atoms with E-state index in [-0.39, 0.29) is 0 Å². The monoisotopic (exact) mass is 251 g/mol. The van der Waals surface area contributed by atoms with Gasteiger partial charge >= 0.3 is 0 Å². The second-order valence-electron chi connectivity index (χ2n) is 6.09. The van der Waals surface area contributed by atoms with E-state index >= 15 is 0 Å². The van der Waals surface area contributed by atoms with Gasteiger partial charge < -0.3 is 5.73 Å². The van der Waals surface area contributed by atoms with Crippen molar-refractivity contribution in [2.24, 2.45) is 17.1 Å². The maximum absolute atomic E-state index is 5.93. The maximum atomic E-state index is 5.93. The summed E-state index contributed by atoms with van der Waals surface area (Å²) in [4.78, 5) is 0. The molecule has 0 radical (unpaired) electrons. The number of benzene rings is 2. The molecule has 0 heterocycles. The second-order valence-corrected chi connectivity index (χ2v) is 6.09. The fraction of sp³-hybridized carbons (Fsp3) is 0.333. The summed E-state index contributed by atoms with van der Waals surface area (Å²) in [7, 11) is 0. The normalized spacial score (nSPS) is 24.2. The van der Waals surface area contributed by atoms with Gasteiger partial charge in [0.1, 0.15) is 0 Å². The van der Waals surface area contributed by atoms with Crippen molar-refractivity contribution in [2.45, 2.75) is 19.8 Å². The van der Waals surface area contributed by atoms with Crippen molar-refractivity contribution in [2.75, 3.05) is 6.54 Å². The average molecular weight is 251 g/mol. The SMILES string of the molecule is CC1(C)[C@@H](CN)[C@@H]1c1ccccc1-c1ccccc1. The average Bonchev–Trinajstić information content (AvgIpc) is 3.01. The molecule has 2 aromatic carbocycles. The molecule has 1 aliphatic rings. The first kappa shape index (κ1) is 12.4. The molecule has 2 N–H and O–H groups in total. The Morgan fingerprint density at radius 2 is 1.58 bits per heavy atom. The molecule has 0 aliphatic heterocycles. The molecule has 19 heavy (non-hydrogen) atoms. The summed E-state index contributed by atoms with van der Waals surface area (Å²) >= 11 is 0. The molecule has 0 aromatic heterocycles. The molecule has 0 amide bonds. The molecule has 0 bridgehead atoms. The van der Waals surface area contributed by atoms with Gasteiger partial charge in [-0.05, 0) is 40.5 Å². The predicted molar refractivity (Wildman–Crippen MR) is 80.9 cm³/mol. The van der Waals surface area contributed by atoms with Gasteiger partial charge in [-0.3, -0.25) is 0 Å². The maximum Gasteiger partial charge on any atom is -0.00375 e. The van der Waals surface area contributed by atoms with Gasteiger partial charge in [-0.2, -0.15) is 0 Å². The molecule has 1 heteroatoms. The van der Waals surface area contributed by atoms with Crippen molar-refractivity contribution in [1.82, 2.24) is 0 Å². The zero-order chi connectivity index (χ0) is 13.5. The highest BCUT2D eigenvalue weighted by Crippen LogP contribution is 2.64. The zero-order valence-corrected chi connectivity index (χ0v) is 11.6. The third-order valence-corrected chi connectivity index (χ3v) is 4.69. The molecule has 1 saturated carbocycles. The first-order valence-corrected chi connectivity index (χ1v) is 7.00. The van der Waals surface area contributed by atoms with Crippen LogP contribution in [-0.4, -0.2) is 6.54 Å². The molecule has 1 nitrogen and oxygen atoms in total. The van der Waals surface area contributed by atoms with Crippen LogP contribution in [0.4, 0.5) is 0 Å². The first-order chi connectivity index (χ1) is 9.16. The van der Waals surface area contributed by atoms with Crippen LogP contribution in [0.2, 0.25) is 0 Å². The van der Waals surface area contributed by atoms with Gasteiger partial charge in [-0.25, -0.2) is 0 Å². The van der Waals surface area contributed by atoms with Crippen LogP contribution >= 0.6 is 0 Å². The third kappa shape index (κ3) is 1.98. The van der Waals surface area contributed by atoms with Crippen molar-refractivity contribution < 1.29 is 0 Å². The Hall–Kier alpha value is -1.60. The van der Waals surface area contributed by atoms with Gasteiger partial charge in [0.2, 0.25) is 0 Å². The van der Waals surface area contributed by atoms with E-state index in [1.54, 1.807) is 0 Å². The Bertz CT molecular complexity index is 571. The first-order valence-electron chi connectivity index (χ1n) is 7.00. The summed E-state index contributed by atoms with van der Waals surface area (Å²) in [5.74, 6) is 1.20. The Labute approximate surface area is 115 Å². The summed E-state index contributed by atoms with van der Waals surface area (Å²) < 4.78 is 0. The van der Waals surface area contributed by atoms with Gasteiger partial charge in [0.15, 0.2) is 0 Å². The molecule has 3 rings (SSSR count). The van der Waals surface area contributed by atoms with Gasteiger partial charge in [0.25, 0.3) is 0 Å². The Morgan fingerprint density at radius 1 is 0.947 bits per heavy atom. The van der Waals surface area contributed by atoms with E-state index in [1.165, 1.54) is 16.7 Å². The summed E-state index contributed by atoms with van der Waals surface area (Å²) in [6, 6.07) is 19.4.